The van der Waals surface area contributed by atoms with Crippen molar-refractivity contribution in [3.05, 3.63) is 0 Å². The standard InChI is InChI=1S/C14H21NO3/c16-13(9-5-3-6-9)15-11-7-2-1-4-10(11)8-12(15)14(17)18/h9-12H,1-8H2,(H,17,18). The average molecular weight is 251 g/mol. The summed E-state index contributed by atoms with van der Waals surface area (Å²) < 4.78 is 0. The molecule has 0 aromatic carbocycles. The van der Waals surface area contributed by atoms with Crippen LogP contribution in [0.3, 0.4) is 0 Å². The molecule has 1 saturated heterocycles. The molecule has 3 atom stereocenters. The Kier molecular flexibility index (Phi) is 3.04. The number of carbonyl (C=O) groups is 2. The summed E-state index contributed by atoms with van der Waals surface area (Å²) in [4.78, 5) is 25.6. The molecule has 2 saturated carbocycles. The van der Waals surface area contributed by atoms with E-state index in [0.717, 1.165) is 38.5 Å². The molecule has 3 aliphatic rings. The van der Waals surface area contributed by atoms with Crippen molar-refractivity contribution < 1.29 is 14.7 Å². The smallest absolute Gasteiger partial charge is 0.326 e. The van der Waals surface area contributed by atoms with Crippen LogP contribution in [-0.2, 0) is 9.59 Å². The van der Waals surface area contributed by atoms with Gasteiger partial charge in [0.15, 0.2) is 0 Å². The molecule has 3 rings (SSSR count). The van der Waals surface area contributed by atoms with Crippen LogP contribution in [0.25, 0.3) is 0 Å². The summed E-state index contributed by atoms with van der Waals surface area (Å²) in [5.41, 5.74) is 0. The topological polar surface area (TPSA) is 57.6 Å². The minimum absolute atomic E-state index is 0.118. The van der Waals surface area contributed by atoms with Crippen molar-refractivity contribution in [3.8, 4) is 0 Å². The number of rotatable bonds is 2. The van der Waals surface area contributed by atoms with Gasteiger partial charge in [-0.05, 0) is 38.0 Å². The molecule has 0 bridgehead atoms. The Balaban J connectivity index is 1.81. The van der Waals surface area contributed by atoms with Crippen molar-refractivity contribution in [3.63, 3.8) is 0 Å². The first-order valence-electron chi connectivity index (χ1n) is 7.23. The van der Waals surface area contributed by atoms with E-state index in [1.807, 2.05) is 0 Å². The summed E-state index contributed by atoms with van der Waals surface area (Å²) in [6, 6.07) is -0.334. The van der Waals surface area contributed by atoms with Crippen molar-refractivity contribution in [2.45, 2.75) is 63.5 Å². The Morgan fingerprint density at radius 1 is 1.00 bits per heavy atom. The van der Waals surface area contributed by atoms with Crippen molar-refractivity contribution >= 4 is 11.9 Å². The van der Waals surface area contributed by atoms with Gasteiger partial charge in [-0.3, -0.25) is 4.79 Å². The Hall–Kier alpha value is -1.06. The lowest BCUT2D eigenvalue weighted by molar-refractivity contribution is -0.153. The predicted molar refractivity (Wildman–Crippen MR) is 66.0 cm³/mol. The Morgan fingerprint density at radius 2 is 1.72 bits per heavy atom. The average Bonchev–Trinajstić information content (AvgIpc) is 2.65. The molecule has 18 heavy (non-hydrogen) atoms. The van der Waals surface area contributed by atoms with E-state index in [4.69, 9.17) is 0 Å². The first-order valence-corrected chi connectivity index (χ1v) is 7.23. The molecule has 0 aromatic heterocycles. The quantitative estimate of drug-likeness (QED) is 0.817. The monoisotopic (exact) mass is 251 g/mol. The molecule has 3 unspecified atom stereocenters. The number of nitrogens with zero attached hydrogens (tertiary/aromatic N) is 1. The molecule has 1 amide bonds. The van der Waals surface area contributed by atoms with E-state index in [1.54, 1.807) is 4.90 Å². The number of aliphatic carboxylic acids is 1. The zero-order chi connectivity index (χ0) is 12.7. The zero-order valence-corrected chi connectivity index (χ0v) is 10.7. The second kappa shape index (κ2) is 4.56. The molecule has 0 radical (unpaired) electrons. The highest BCUT2D eigenvalue weighted by atomic mass is 16.4. The largest absolute Gasteiger partial charge is 0.480 e. The van der Waals surface area contributed by atoms with E-state index in [9.17, 15) is 14.7 Å². The van der Waals surface area contributed by atoms with Gasteiger partial charge in [-0.2, -0.15) is 0 Å². The van der Waals surface area contributed by atoms with Crippen molar-refractivity contribution in [2.75, 3.05) is 0 Å². The fraction of sp³-hybridized carbons (Fsp3) is 0.857. The van der Waals surface area contributed by atoms with Crippen molar-refractivity contribution in [1.29, 1.82) is 0 Å². The fourth-order valence-electron chi connectivity index (χ4n) is 3.86. The van der Waals surface area contributed by atoms with E-state index in [1.165, 1.54) is 6.42 Å². The van der Waals surface area contributed by atoms with Crippen molar-refractivity contribution in [1.82, 2.24) is 4.90 Å². The Labute approximate surface area is 107 Å². The maximum atomic E-state index is 12.5. The van der Waals surface area contributed by atoms with Gasteiger partial charge in [-0.15, -0.1) is 0 Å². The summed E-state index contributed by atoms with van der Waals surface area (Å²) >= 11 is 0. The normalized spacial score (nSPS) is 36.0. The molecule has 2 aliphatic carbocycles. The van der Waals surface area contributed by atoms with Crippen LogP contribution in [-0.4, -0.2) is 34.0 Å². The van der Waals surface area contributed by atoms with Gasteiger partial charge < -0.3 is 10.0 Å². The van der Waals surface area contributed by atoms with Crippen LogP contribution in [0.5, 0.6) is 0 Å². The van der Waals surface area contributed by atoms with Gasteiger partial charge in [0.05, 0.1) is 0 Å². The van der Waals surface area contributed by atoms with Crippen molar-refractivity contribution in [2.24, 2.45) is 11.8 Å². The van der Waals surface area contributed by atoms with E-state index in [2.05, 4.69) is 0 Å². The summed E-state index contributed by atoms with van der Waals surface area (Å²) in [6.45, 7) is 0. The second-order valence-corrected chi connectivity index (χ2v) is 6.07. The molecule has 4 heteroatoms. The fourth-order valence-corrected chi connectivity index (χ4v) is 3.86. The molecule has 3 fully saturated rings. The number of carboxylic acid groups (broad SMARTS) is 1. The van der Waals surface area contributed by atoms with E-state index >= 15 is 0 Å². The van der Waals surface area contributed by atoms with Gasteiger partial charge in [0.2, 0.25) is 5.91 Å². The third kappa shape index (κ3) is 1.82. The summed E-state index contributed by atoms with van der Waals surface area (Å²) in [6.07, 6.45) is 8.16. The first kappa shape index (κ1) is 12.0. The highest BCUT2D eigenvalue weighted by molar-refractivity contribution is 5.86. The SMILES string of the molecule is O=C(O)C1CC2CCCCC2N1C(=O)C1CCC1. The maximum Gasteiger partial charge on any atom is 0.326 e. The lowest BCUT2D eigenvalue weighted by Gasteiger charge is -2.37. The van der Waals surface area contributed by atoms with Gasteiger partial charge in [0, 0.05) is 12.0 Å². The van der Waals surface area contributed by atoms with Crippen LogP contribution in [0.1, 0.15) is 51.4 Å². The van der Waals surface area contributed by atoms with E-state index in [0.29, 0.717) is 12.3 Å². The minimum atomic E-state index is -0.808. The third-order valence-corrected chi connectivity index (χ3v) is 5.08. The number of carbonyl (C=O) groups excluding carboxylic acids is 1. The van der Waals surface area contributed by atoms with Gasteiger partial charge in [-0.25, -0.2) is 4.79 Å². The summed E-state index contributed by atoms with van der Waals surface area (Å²) in [7, 11) is 0. The molecule has 4 nitrogen and oxygen atoms in total. The van der Waals surface area contributed by atoms with Gasteiger partial charge in [0.1, 0.15) is 6.04 Å². The molecule has 0 aromatic rings. The molecule has 1 aliphatic heterocycles. The third-order valence-electron chi connectivity index (χ3n) is 5.08. The number of carboxylic acids is 1. The molecular formula is C14H21NO3. The Bertz CT molecular complexity index is 364. The van der Waals surface area contributed by atoms with Gasteiger partial charge in [0.25, 0.3) is 0 Å². The predicted octanol–water partition coefficient (Wildman–Crippen LogP) is 2.03. The number of likely N-dealkylation sites (tertiary alicyclic amines) is 1. The maximum absolute atomic E-state index is 12.5. The van der Waals surface area contributed by atoms with Crippen LogP contribution in [0.4, 0.5) is 0 Å². The summed E-state index contributed by atoms with van der Waals surface area (Å²) in [5, 5.41) is 9.36. The van der Waals surface area contributed by atoms with E-state index < -0.39 is 12.0 Å². The first-order chi connectivity index (χ1) is 8.68. The second-order valence-electron chi connectivity index (χ2n) is 6.07. The number of fused-ring (bicyclic) bond motifs is 1. The van der Waals surface area contributed by atoms with Gasteiger partial charge in [-0.1, -0.05) is 19.3 Å². The highest BCUT2D eigenvalue weighted by Gasteiger charge is 2.49. The van der Waals surface area contributed by atoms with E-state index in [-0.39, 0.29) is 17.9 Å². The molecule has 0 spiro atoms. The highest BCUT2D eigenvalue weighted by Crippen LogP contribution is 2.42. The lowest BCUT2D eigenvalue weighted by atomic mass is 9.82. The minimum Gasteiger partial charge on any atom is -0.480 e. The molecular weight excluding hydrogens is 230 g/mol. The number of hydrogen-bond donors (Lipinski definition) is 1. The van der Waals surface area contributed by atoms with Crippen LogP contribution in [0.2, 0.25) is 0 Å². The van der Waals surface area contributed by atoms with Crippen LogP contribution >= 0.6 is 0 Å². The van der Waals surface area contributed by atoms with Crippen LogP contribution < -0.4 is 0 Å². The lowest BCUT2D eigenvalue weighted by Crippen LogP contribution is -2.49. The molecule has 100 valence electrons. The Morgan fingerprint density at radius 3 is 2.33 bits per heavy atom. The molecule has 1 heterocycles. The van der Waals surface area contributed by atoms with Gasteiger partial charge >= 0.3 is 5.97 Å². The summed E-state index contributed by atoms with van der Waals surface area (Å²) in [5.74, 6) is -0.128. The van der Waals surface area contributed by atoms with Crippen LogP contribution in [0.15, 0.2) is 0 Å². The number of amides is 1. The zero-order valence-electron chi connectivity index (χ0n) is 10.7. The van der Waals surface area contributed by atoms with Crippen LogP contribution in [0, 0.1) is 11.8 Å². The number of hydrogen-bond acceptors (Lipinski definition) is 2. The molecule has 1 N–H and O–H groups in total.